The Morgan fingerprint density at radius 2 is 2.14 bits per heavy atom. The molecule has 0 radical (unpaired) electrons. The van der Waals surface area contributed by atoms with Crippen molar-refractivity contribution < 1.29 is 24.4 Å². The van der Waals surface area contributed by atoms with E-state index in [0.29, 0.717) is 0 Å². The number of hydrogen-bond acceptors (Lipinski definition) is 6. The Kier molecular flexibility index (Phi) is 4.56. The zero-order valence-electron chi connectivity index (χ0n) is 11.6. The number of nitrogens with zero attached hydrogens (tertiary/aromatic N) is 1. The van der Waals surface area contributed by atoms with Gasteiger partial charge in [-0.1, -0.05) is 12.1 Å². The molecule has 1 atom stereocenters. The molecule has 1 aromatic carbocycles. The largest absolute Gasteiger partial charge is 0.479 e. The molecule has 9 nitrogen and oxygen atoms in total. The van der Waals surface area contributed by atoms with Crippen molar-refractivity contribution in [2.24, 2.45) is 0 Å². The minimum atomic E-state index is -1.43. The zero-order chi connectivity index (χ0) is 16.2. The molecular formula is C13H15N3O6. The molecule has 1 aromatic rings. The van der Waals surface area contributed by atoms with E-state index in [1.807, 2.05) is 0 Å². The minimum absolute atomic E-state index is 0.0977. The summed E-state index contributed by atoms with van der Waals surface area (Å²) in [5, 5.41) is 25.1. The van der Waals surface area contributed by atoms with Crippen LogP contribution in [0.25, 0.3) is 0 Å². The monoisotopic (exact) mass is 309 g/mol. The van der Waals surface area contributed by atoms with Crippen LogP contribution in [-0.4, -0.2) is 47.2 Å². The first-order chi connectivity index (χ1) is 10.4. The number of carboxylic acid groups (broad SMARTS) is 1. The average Bonchev–Trinajstić information content (AvgIpc) is 2.95. The van der Waals surface area contributed by atoms with E-state index < -0.39 is 22.3 Å². The summed E-state index contributed by atoms with van der Waals surface area (Å²) in [6, 6.07) is 5.89. The number of nitro groups is 1. The third-order valence-corrected chi connectivity index (χ3v) is 3.35. The summed E-state index contributed by atoms with van der Waals surface area (Å²) in [5.41, 5.74) is -1.40. The fourth-order valence-corrected chi connectivity index (χ4v) is 2.15. The van der Waals surface area contributed by atoms with Crippen molar-refractivity contribution in [1.82, 2.24) is 5.32 Å². The molecule has 0 spiro atoms. The number of nitro benzene ring substituents is 1. The average molecular weight is 309 g/mol. The molecule has 0 aromatic heterocycles. The van der Waals surface area contributed by atoms with Crippen LogP contribution in [0.15, 0.2) is 24.3 Å². The number of ether oxygens (including phenoxy) is 1. The van der Waals surface area contributed by atoms with Crippen LogP contribution in [0.2, 0.25) is 0 Å². The summed E-state index contributed by atoms with van der Waals surface area (Å²) in [5.74, 6) is -1.74. The second-order valence-electron chi connectivity index (χ2n) is 4.87. The van der Waals surface area contributed by atoms with E-state index >= 15 is 0 Å². The van der Waals surface area contributed by atoms with E-state index in [9.17, 15) is 24.8 Å². The summed E-state index contributed by atoms with van der Waals surface area (Å²) in [6.45, 7) is -0.121. The number of nitrogens with one attached hydrogen (secondary N) is 2. The number of benzene rings is 1. The Labute approximate surface area is 125 Å². The Balaban J connectivity index is 1.99. The summed E-state index contributed by atoms with van der Waals surface area (Å²) < 4.78 is 5.03. The number of rotatable bonds is 6. The molecule has 0 aliphatic carbocycles. The lowest BCUT2D eigenvalue weighted by atomic mass is 9.99. The lowest BCUT2D eigenvalue weighted by Gasteiger charge is -2.23. The van der Waals surface area contributed by atoms with Crippen molar-refractivity contribution >= 4 is 23.3 Å². The second kappa shape index (κ2) is 6.39. The van der Waals surface area contributed by atoms with Crippen molar-refractivity contribution in [3.05, 3.63) is 34.4 Å². The maximum Gasteiger partial charge on any atom is 0.331 e. The van der Waals surface area contributed by atoms with Crippen LogP contribution in [0.4, 0.5) is 11.4 Å². The maximum absolute atomic E-state index is 11.9. The Morgan fingerprint density at radius 3 is 2.73 bits per heavy atom. The van der Waals surface area contributed by atoms with Gasteiger partial charge in [0.15, 0.2) is 5.54 Å². The number of aliphatic carboxylic acids is 1. The molecule has 1 saturated heterocycles. The summed E-state index contributed by atoms with van der Waals surface area (Å²) in [6.07, 6.45) is 0.180. The molecule has 1 aliphatic rings. The summed E-state index contributed by atoms with van der Waals surface area (Å²) in [4.78, 5) is 33.5. The maximum atomic E-state index is 11.9. The third-order valence-electron chi connectivity index (χ3n) is 3.35. The fraction of sp³-hybridized carbons (Fsp3) is 0.385. The highest BCUT2D eigenvalue weighted by Gasteiger charge is 2.43. The Bertz CT molecular complexity index is 597. The molecular weight excluding hydrogens is 294 g/mol. The molecule has 1 aliphatic heterocycles. The van der Waals surface area contributed by atoms with E-state index in [2.05, 4.69) is 10.6 Å². The Morgan fingerprint density at radius 1 is 1.41 bits per heavy atom. The van der Waals surface area contributed by atoms with Crippen LogP contribution in [0.1, 0.15) is 6.42 Å². The molecule has 3 N–H and O–H groups in total. The third kappa shape index (κ3) is 3.31. The summed E-state index contributed by atoms with van der Waals surface area (Å²) >= 11 is 0. The van der Waals surface area contributed by atoms with Gasteiger partial charge in [-0.2, -0.15) is 0 Å². The molecule has 1 fully saturated rings. The van der Waals surface area contributed by atoms with Gasteiger partial charge >= 0.3 is 5.97 Å². The lowest BCUT2D eigenvalue weighted by Crippen LogP contribution is -2.56. The second-order valence-corrected chi connectivity index (χ2v) is 4.87. The van der Waals surface area contributed by atoms with E-state index in [1.54, 1.807) is 6.07 Å². The normalized spacial score (nSPS) is 20.4. The summed E-state index contributed by atoms with van der Waals surface area (Å²) in [7, 11) is 0. The van der Waals surface area contributed by atoms with Crippen molar-refractivity contribution in [2.75, 3.05) is 25.1 Å². The number of para-hydroxylation sites is 2. The number of carboxylic acids is 1. The van der Waals surface area contributed by atoms with Crippen LogP contribution in [0, 0.1) is 10.1 Å². The van der Waals surface area contributed by atoms with Crippen molar-refractivity contribution in [1.29, 1.82) is 0 Å². The van der Waals surface area contributed by atoms with Crippen LogP contribution >= 0.6 is 0 Å². The van der Waals surface area contributed by atoms with Crippen LogP contribution in [0.3, 0.4) is 0 Å². The van der Waals surface area contributed by atoms with Crippen LogP contribution < -0.4 is 10.6 Å². The van der Waals surface area contributed by atoms with Crippen LogP contribution in [-0.2, 0) is 14.3 Å². The highest BCUT2D eigenvalue weighted by Crippen LogP contribution is 2.23. The lowest BCUT2D eigenvalue weighted by molar-refractivity contribution is -0.383. The fourth-order valence-electron chi connectivity index (χ4n) is 2.15. The molecule has 118 valence electrons. The highest BCUT2D eigenvalue weighted by molar-refractivity contribution is 5.89. The molecule has 2 rings (SSSR count). The molecule has 1 amide bonds. The molecule has 0 bridgehead atoms. The highest BCUT2D eigenvalue weighted by atomic mass is 16.6. The van der Waals surface area contributed by atoms with Crippen LogP contribution in [0.5, 0.6) is 0 Å². The van der Waals surface area contributed by atoms with E-state index in [-0.39, 0.29) is 37.6 Å². The number of carbonyl (C=O) groups excluding carboxylic acids is 1. The number of hydrogen-bond donors (Lipinski definition) is 3. The molecule has 0 saturated carbocycles. The van der Waals surface area contributed by atoms with Gasteiger partial charge in [0.2, 0.25) is 5.91 Å². The first-order valence-electron chi connectivity index (χ1n) is 6.54. The Hall–Kier alpha value is -2.68. The number of carbonyl (C=O) groups is 2. The molecule has 1 heterocycles. The standard InChI is InChI=1S/C13H15N3O6/c17-11(15-13(12(18)19)5-6-22-8-13)7-14-9-3-1-2-4-10(9)16(20)21/h1-4,14H,5-8H2,(H,15,17)(H,18,19). The topological polar surface area (TPSA) is 131 Å². The first kappa shape index (κ1) is 15.7. The quantitative estimate of drug-likeness (QED) is 0.511. The van der Waals surface area contributed by atoms with Crippen molar-refractivity contribution in [3.8, 4) is 0 Å². The molecule has 9 heteroatoms. The smallest absolute Gasteiger partial charge is 0.331 e. The van der Waals surface area contributed by atoms with Gasteiger partial charge in [-0.05, 0) is 6.07 Å². The van der Waals surface area contributed by atoms with Gasteiger partial charge in [-0.15, -0.1) is 0 Å². The van der Waals surface area contributed by atoms with Gasteiger partial charge in [0.05, 0.1) is 18.1 Å². The van der Waals surface area contributed by atoms with Gasteiger partial charge < -0.3 is 20.5 Å². The van der Waals surface area contributed by atoms with Crippen molar-refractivity contribution in [2.45, 2.75) is 12.0 Å². The minimum Gasteiger partial charge on any atom is -0.479 e. The zero-order valence-corrected chi connectivity index (χ0v) is 11.6. The van der Waals surface area contributed by atoms with E-state index in [1.165, 1.54) is 18.2 Å². The van der Waals surface area contributed by atoms with Gasteiger partial charge in [0.25, 0.3) is 5.69 Å². The molecule has 22 heavy (non-hydrogen) atoms. The SMILES string of the molecule is O=C(CNc1ccccc1[N+](=O)[O-])NC1(C(=O)O)CCOC1. The van der Waals surface area contributed by atoms with Gasteiger partial charge in [0, 0.05) is 19.1 Å². The number of anilines is 1. The number of amides is 1. The van der Waals surface area contributed by atoms with Gasteiger partial charge in [-0.25, -0.2) is 4.79 Å². The van der Waals surface area contributed by atoms with Gasteiger partial charge in [-0.3, -0.25) is 14.9 Å². The first-order valence-corrected chi connectivity index (χ1v) is 6.54. The predicted octanol–water partition coefficient (Wildman–Crippen LogP) is 0.367. The van der Waals surface area contributed by atoms with E-state index in [0.717, 1.165) is 0 Å². The predicted molar refractivity (Wildman–Crippen MR) is 75.5 cm³/mol. The van der Waals surface area contributed by atoms with Gasteiger partial charge in [0.1, 0.15) is 5.69 Å². The van der Waals surface area contributed by atoms with E-state index in [4.69, 9.17) is 4.74 Å². The van der Waals surface area contributed by atoms with Crippen molar-refractivity contribution in [3.63, 3.8) is 0 Å². The molecule has 1 unspecified atom stereocenters.